The van der Waals surface area contributed by atoms with Crippen LogP contribution in [0.25, 0.3) is 0 Å². The Bertz CT molecular complexity index is 338. The van der Waals surface area contributed by atoms with E-state index in [0.717, 1.165) is 18.1 Å². The van der Waals surface area contributed by atoms with Crippen molar-refractivity contribution in [1.29, 1.82) is 0 Å². The number of likely N-dealkylation sites (N-methyl/N-ethyl adjacent to an activating group) is 1. The van der Waals surface area contributed by atoms with Crippen LogP contribution in [0.3, 0.4) is 0 Å². The Labute approximate surface area is 89.9 Å². The maximum Gasteiger partial charge on any atom is 0.0590 e. The maximum atomic E-state index is 5.97. The van der Waals surface area contributed by atoms with E-state index in [-0.39, 0.29) is 0 Å². The number of rotatable bonds is 3. The average molecular weight is 211 g/mol. The Morgan fingerprint density at radius 1 is 1.57 bits per heavy atom. The third-order valence-corrected chi connectivity index (χ3v) is 2.87. The zero-order chi connectivity index (χ0) is 10.1. The lowest BCUT2D eigenvalue weighted by Crippen LogP contribution is -2.17. The van der Waals surface area contributed by atoms with Crippen molar-refractivity contribution in [3.8, 4) is 0 Å². The highest BCUT2D eigenvalue weighted by Gasteiger charge is 2.34. The fraction of sp³-hybridized carbons (Fsp3) is 0.455. The number of nitrogens with zero attached hydrogens (tertiary/aromatic N) is 1. The fourth-order valence-electron chi connectivity index (χ4n) is 1.78. The molecule has 14 heavy (non-hydrogen) atoms. The van der Waals surface area contributed by atoms with Crippen molar-refractivity contribution < 1.29 is 0 Å². The molecule has 0 bridgehead atoms. The summed E-state index contributed by atoms with van der Waals surface area (Å²) in [6, 6.07) is 6.72. The highest BCUT2D eigenvalue weighted by molar-refractivity contribution is 6.30. The number of hydrogen-bond donors (Lipinski definition) is 1. The molecule has 1 fully saturated rings. The smallest absolute Gasteiger partial charge is 0.0590 e. The molecule has 1 aromatic carbocycles. The van der Waals surface area contributed by atoms with E-state index in [4.69, 9.17) is 11.6 Å². The van der Waals surface area contributed by atoms with Crippen LogP contribution in [0.15, 0.2) is 18.2 Å². The van der Waals surface area contributed by atoms with Crippen molar-refractivity contribution in [2.45, 2.75) is 13.0 Å². The standard InChI is InChI=1S/C11H15ClN2/c1-8-3-4-9(12)5-11(8)14-7-10(14)6-13-2/h3-5,10,13H,6-7H2,1-2H3. The first kappa shape index (κ1) is 9.81. The minimum atomic E-state index is 0.650. The Morgan fingerprint density at radius 2 is 2.36 bits per heavy atom. The summed E-state index contributed by atoms with van der Waals surface area (Å²) in [6.07, 6.45) is 0. The summed E-state index contributed by atoms with van der Waals surface area (Å²) >= 11 is 5.97. The third-order valence-electron chi connectivity index (χ3n) is 2.63. The zero-order valence-corrected chi connectivity index (χ0v) is 9.30. The van der Waals surface area contributed by atoms with Gasteiger partial charge in [0.1, 0.15) is 0 Å². The first-order chi connectivity index (χ1) is 6.72. The summed E-state index contributed by atoms with van der Waals surface area (Å²) < 4.78 is 0. The van der Waals surface area contributed by atoms with Crippen molar-refractivity contribution in [1.82, 2.24) is 5.32 Å². The highest BCUT2D eigenvalue weighted by Crippen LogP contribution is 2.32. The molecule has 2 rings (SSSR count). The number of nitrogens with one attached hydrogen (secondary N) is 1. The highest BCUT2D eigenvalue weighted by atomic mass is 35.5. The van der Waals surface area contributed by atoms with E-state index >= 15 is 0 Å². The van der Waals surface area contributed by atoms with Crippen molar-refractivity contribution in [2.24, 2.45) is 0 Å². The van der Waals surface area contributed by atoms with Crippen LogP contribution in [0.5, 0.6) is 0 Å². The van der Waals surface area contributed by atoms with Gasteiger partial charge in [0.25, 0.3) is 0 Å². The van der Waals surface area contributed by atoms with E-state index in [1.54, 1.807) is 0 Å². The number of anilines is 1. The lowest BCUT2D eigenvalue weighted by Gasteiger charge is -2.09. The van der Waals surface area contributed by atoms with E-state index in [1.165, 1.54) is 11.3 Å². The predicted molar refractivity (Wildman–Crippen MR) is 61.2 cm³/mol. The van der Waals surface area contributed by atoms with Gasteiger partial charge in [0.05, 0.1) is 6.04 Å². The molecule has 1 unspecified atom stereocenters. The number of aryl methyl sites for hydroxylation is 1. The zero-order valence-electron chi connectivity index (χ0n) is 8.55. The monoisotopic (exact) mass is 210 g/mol. The third kappa shape index (κ3) is 1.86. The summed E-state index contributed by atoms with van der Waals surface area (Å²) in [5, 5.41) is 4.01. The molecule has 1 aliphatic rings. The molecule has 1 N–H and O–H groups in total. The van der Waals surface area contributed by atoms with Gasteiger partial charge in [-0.2, -0.15) is 0 Å². The first-order valence-electron chi connectivity index (χ1n) is 4.90. The van der Waals surface area contributed by atoms with Crippen molar-refractivity contribution in [2.75, 3.05) is 25.0 Å². The summed E-state index contributed by atoms with van der Waals surface area (Å²) in [6.45, 7) is 4.31. The molecule has 3 heteroatoms. The summed E-state index contributed by atoms with van der Waals surface area (Å²) in [7, 11) is 1.99. The topological polar surface area (TPSA) is 15.0 Å². The molecule has 1 heterocycles. The molecule has 1 saturated heterocycles. The van der Waals surface area contributed by atoms with Crippen LogP contribution in [0.2, 0.25) is 5.02 Å². The number of hydrogen-bond acceptors (Lipinski definition) is 2. The molecule has 76 valence electrons. The fourth-order valence-corrected chi connectivity index (χ4v) is 1.94. The molecule has 2 nitrogen and oxygen atoms in total. The Kier molecular flexibility index (Phi) is 2.66. The maximum absolute atomic E-state index is 5.97. The van der Waals surface area contributed by atoms with Crippen LogP contribution in [0, 0.1) is 6.92 Å². The normalized spacial score (nSPS) is 19.9. The van der Waals surface area contributed by atoms with E-state index in [0.29, 0.717) is 6.04 Å². The van der Waals surface area contributed by atoms with Crippen LogP contribution >= 0.6 is 11.6 Å². The molecule has 0 saturated carbocycles. The van der Waals surface area contributed by atoms with E-state index < -0.39 is 0 Å². The Morgan fingerprint density at radius 3 is 3.07 bits per heavy atom. The van der Waals surface area contributed by atoms with Gasteiger partial charge < -0.3 is 10.2 Å². The van der Waals surface area contributed by atoms with Gasteiger partial charge in [0.2, 0.25) is 0 Å². The molecule has 0 aromatic heterocycles. The molecule has 1 aromatic rings. The van der Waals surface area contributed by atoms with E-state index in [2.05, 4.69) is 23.2 Å². The molecular formula is C11H15ClN2. The molecule has 0 aliphatic carbocycles. The quantitative estimate of drug-likeness (QED) is 0.769. The molecular weight excluding hydrogens is 196 g/mol. The lowest BCUT2D eigenvalue weighted by molar-refractivity contribution is 0.790. The van der Waals surface area contributed by atoms with Crippen LogP contribution in [0.4, 0.5) is 5.69 Å². The van der Waals surface area contributed by atoms with Crippen molar-refractivity contribution in [3.05, 3.63) is 28.8 Å². The SMILES string of the molecule is CNCC1CN1c1cc(Cl)ccc1C. The lowest BCUT2D eigenvalue weighted by atomic mass is 10.2. The minimum absolute atomic E-state index is 0.650. The van der Waals surface area contributed by atoms with Crippen LogP contribution in [-0.2, 0) is 0 Å². The first-order valence-corrected chi connectivity index (χ1v) is 5.27. The second-order valence-electron chi connectivity index (χ2n) is 3.79. The van der Waals surface area contributed by atoms with Gasteiger partial charge in [-0.15, -0.1) is 0 Å². The summed E-state index contributed by atoms with van der Waals surface area (Å²) in [4.78, 5) is 2.37. The van der Waals surface area contributed by atoms with Crippen LogP contribution in [-0.4, -0.2) is 26.2 Å². The van der Waals surface area contributed by atoms with E-state index in [9.17, 15) is 0 Å². The predicted octanol–water partition coefficient (Wildman–Crippen LogP) is 2.06. The van der Waals surface area contributed by atoms with E-state index in [1.807, 2.05) is 19.2 Å². The molecule has 0 amide bonds. The van der Waals surface area contributed by atoms with Gasteiger partial charge in [-0.05, 0) is 31.7 Å². The number of halogens is 1. The second-order valence-corrected chi connectivity index (χ2v) is 4.23. The van der Waals surface area contributed by atoms with Gasteiger partial charge in [0, 0.05) is 23.8 Å². The summed E-state index contributed by atoms with van der Waals surface area (Å²) in [5.74, 6) is 0. The van der Waals surface area contributed by atoms with Crippen LogP contribution in [0.1, 0.15) is 5.56 Å². The number of benzene rings is 1. The second kappa shape index (κ2) is 3.79. The summed E-state index contributed by atoms with van der Waals surface area (Å²) in [5.41, 5.74) is 2.57. The van der Waals surface area contributed by atoms with Crippen molar-refractivity contribution >= 4 is 17.3 Å². The van der Waals surface area contributed by atoms with Gasteiger partial charge in [-0.3, -0.25) is 0 Å². The van der Waals surface area contributed by atoms with Gasteiger partial charge in [0.15, 0.2) is 0 Å². The van der Waals surface area contributed by atoms with Crippen molar-refractivity contribution in [3.63, 3.8) is 0 Å². The Balaban J connectivity index is 2.14. The molecule has 1 aliphatic heterocycles. The van der Waals surface area contributed by atoms with Gasteiger partial charge in [-0.25, -0.2) is 0 Å². The average Bonchev–Trinajstić information content (AvgIpc) is 2.89. The largest absolute Gasteiger partial charge is 0.363 e. The minimum Gasteiger partial charge on any atom is -0.363 e. The molecule has 1 atom stereocenters. The molecule has 0 spiro atoms. The Hall–Kier alpha value is -0.730. The molecule has 0 radical (unpaired) electrons. The van der Waals surface area contributed by atoms with Gasteiger partial charge in [-0.1, -0.05) is 17.7 Å². The van der Waals surface area contributed by atoms with Gasteiger partial charge >= 0.3 is 0 Å². The van der Waals surface area contributed by atoms with Crippen LogP contribution < -0.4 is 10.2 Å².